The maximum absolute atomic E-state index is 9.14. The fraction of sp³-hybridized carbons (Fsp3) is 1.00. The van der Waals surface area contributed by atoms with Gasteiger partial charge in [-0.25, -0.2) is 0 Å². The smallest absolute Gasteiger partial charge is 0.0431 e. The minimum atomic E-state index is 0.362. The van der Waals surface area contributed by atoms with Crippen LogP contribution in [-0.2, 0) is 0 Å². The topological polar surface area (TPSA) is 40.5 Å². The third-order valence-electron chi connectivity index (χ3n) is 6.03. The van der Waals surface area contributed by atoms with Crippen LogP contribution in [0.3, 0.4) is 0 Å². The summed E-state index contributed by atoms with van der Waals surface area (Å²) in [7, 11) is 0. The molecule has 2 nitrogen and oxygen atoms in total. The molecule has 2 N–H and O–H groups in total. The van der Waals surface area contributed by atoms with Crippen LogP contribution in [0.5, 0.6) is 0 Å². The van der Waals surface area contributed by atoms with Crippen LogP contribution in [0.25, 0.3) is 0 Å². The van der Waals surface area contributed by atoms with E-state index in [0.717, 1.165) is 24.7 Å². The quantitative estimate of drug-likeness (QED) is 0.762. The molecule has 4 rings (SSSR count). The molecule has 0 atom stereocenters. The molecule has 0 aliphatic heterocycles. The van der Waals surface area contributed by atoms with Crippen molar-refractivity contribution in [2.75, 3.05) is 13.2 Å². The molecule has 18 heavy (non-hydrogen) atoms. The molecule has 0 aromatic heterocycles. The van der Waals surface area contributed by atoms with Crippen LogP contribution < -0.4 is 0 Å². The maximum Gasteiger partial charge on any atom is 0.0431 e. The second-order valence-corrected chi connectivity index (χ2v) is 7.62. The molecule has 0 amide bonds. The summed E-state index contributed by atoms with van der Waals surface area (Å²) in [6.45, 7) is 0.724. The lowest BCUT2D eigenvalue weighted by Crippen LogP contribution is -2.52. The summed E-state index contributed by atoms with van der Waals surface area (Å²) < 4.78 is 0. The Morgan fingerprint density at radius 1 is 0.778 bits per heavy atom. The fourth-order valence-corrected chi connectivity index (χ4v) is 6.14. The molecule has 0 unspecified atom stereocenters. The average molecular weight is 252 g/mol. The van der Waals surface area contributed by atoms with Crippen molar-refractivity contribution >= 4 is 0 Å². The first kappa shape index (κ1) is 12.9. The van der Waals surface area contributed by atoms with Gasteiger partial charge in [0, 0.05) is 13.2 Å². The molecular weight excluding hydrogens is 224 g/mol. The van der Waals surface area contributed by atoms with Gasteiger partial charge in [0.1, 0.15) is 0 Å². The molecule has 2 heteroatoms. The number of hydrogen-bond donors (Lipinski definition) is 2. The number of rotatable bonds is 6. The molecule has 4 aliphatic rings. The molecule has 4 saturated carbocycles. The summed E-state index contributed by atoms with van der Waals surface area (Å²) >= 11 is 0. The van der Waals surface area contributed by atoms with E-state index >= 15 is 0 Å². The fourth-order valence-electron chi connectivity index (χ4n) is 6.14. The molecule has 0 radical (unpaired) electrons. The lowest BCUT2D eigenvalue weighted by atomic mass is 9.42. The van der Waals surface area contributed by atoms with Crippen molar-refractivity contribution in [3.05, 3.63) is 0 Å². The Morgan fingerprint density at radius 3 is 1.61 bits per heavy atom. The minimum absolute atomic E-state index is 0.362. The number of aliphatic hydroxyl groups is 2. The molecule has 0 spiro atoms. The van der Waals surface area contributed by atoms with Crippen molar-refractivity contribution in [3.8, 4) is 0 Å². The van der Waals surface area contributed by atoms with Crippen molar-refractivity contribution < 1.29 is 10.2 Å². The normalized spacial score (nSPS) is 45.7. The summed E-state index contributed by atoms with van der Waals surface area (Å²) in [6, 6.07) is 0. The van der Waals surface area contributed by atoms with Crippen molar-refractivity contribution in [2.45, 2.75) is 64.2 Å². The lowest BCUT2D eigenvalue weighted by molar-refractivity contribution is -0.120. The van der Waals surface area contributed by atoms with Crippen molar-refractivity contribution in [2.24, 2.45) is 22.7 Å². The van der Waals surface area contributed by atoms with Crippen molar-refractivity contribution in [1.29, 1.82) is 0 Å². The van der Waals surface area contributed by atoms with Crippen LogP contribution in [0.4, 0.5) is 0 Å². The third-order valence-corrected chi connectivity index (χ3v) is 6.03. The van der Waals surface area contributed by atoms with E-state index < -0.39 is 0 Å². The van der Waals surface area contributed by atoms with E-state index in [1.54, 1.807) is 0 Å². The van der Waals surface area contributed by atoms with E-state index in [2.05, 4.69) is 0 Å². The molecule has 0 aromatic rings. The zero-order valence-electron chi connectivity index (χ0n) is 11.5. The molecule has 0 heterocycles. The molecule has 4 fully saturated rings. The predicted octanol–water partition coefficient (Wildman–Crippen LogP) is 3.12. The first-order chi connectivity index (χ1) is 8.69. The standard InChI is InChI=1S/C16H28O2/c17-5-1-3-15-8-13-7-14(9-15)11-16(10-13,12-15)4-2-6-18/h13-14,17-18H,1-12H2. The zero-order valence-corrected chi connectivity index (χ0v) is 11.5. The second kappa shape index (κ2) is 4.79. The molecule has 0 aromatic carbocycles. The van der Waals surface area contributed by atoms with Gasteiger partial charge >= 0.3 is 0 Å². The third kappa shape index (κ3) is 2.22. The van der Waals surface area contributed by atoms with Crippen LogP contribution in [0.1, 0.15) is 64.2 Å². The van der Waals surface area contributed by atoms with Crippen molar-refractivity contribution in [3.63, 3.8) is 0 Å². The number of hydrogen-bond acceptors (Lipinski definition) is 2. The van der Waals surface area contributed by atoms with E-state index in [9.17, 15) is 0 Å². The van der Waals surface area contributed by atoms with Crippen molar-refractivity contribution in [1.82, 2.24) is 0 Å². The van der Waals surface area contributed by atoms with Gasteiger partial charge in [0.25, 0.3) is 0 Å². The summed E-state index contributed by atoms with van der Waals surface area (Å²) in [5, 5.41) is 18.3. The van der Waals surface area contributed by atoms with Crippen LogP contribution in [0.2, 0.25) is 0 Å². The Balaban J connectivity index is 1.75. The largest absolute Gasteiger partial charge is 0.396 e. The van der Waals surface area contributed by atoms with E-state index in [4.69, 9.17) is 10.2 Å². The van der Waals surface area contributed by atoms with Crippen LogP contribution in [0, 0.1) is 22.7 Å². The van der Waals surface area contributed by atoms with E-state index in [-0.39, 0.29) is 0 Å². The van der Waals surface area contributed by atoms with Gasteiger partial charge in [-0.2, -0.15) is 0 Å². The Kier molecular flexibility index (Phi) is 3.44. The molecule has 4 aliphatic carbocycles. The first-order valence-corrected chi connectivity index (χ1v) is 7.91. The maximum atomic E-state index is 9.14. The Morgan fingerprint density at radius 2 is 1.22 bits per heavy atom. The van der Waals surface area contributed by atoms with Gasteiger partial charge in [0.15, 0.2) is 0 Å². The molecule has 0 saturated heterocycles. The highest BCUT2D eigenvalue weighted by Gasteiger charge is 2.56. The minimum Gasteiger partial charge on any atom is -0.396 e. The molecule has 104 valence electrons. The van der Waals surface area contributed by atoms with Gasteiger partial charge in [0.2, 0.25) is 0 Å². The number of aliphatic hydroxyl groups excluding tert-OH is 2. The average Bonchev–Trinajstić information content (AvgIpc) is 2.32. The lowest BCUT2D eigenvalue weighted by Gasteiger charge is -2.63. The Labute approximate surface area is 111 Å². The van der Waals surface area contributed by atoms with Gasteiger partial charge in [-0.1, -0.05) is 0 Å². The van der Waals surface area contributed by atoms with Crippen LogP contribution in [-0.4, -0.2) is 23.4 Å². The zero-order chi connectivity index (χ0) is 12.6. The molecular formula is C16H28O2. The Bertz CT molecular complexity index is 259. The van der Waals surface area contributed by atoms with Gasteiger partial charge in [-0.3, -0.25) is 0 Å². The predicted molar refractivity (Wildman–Crippen MR) is 72.2 cm³/mol. The first-order valence-electron chi connectivity index (χ1n) is 7.91. The van der Waals surface area contributed by atoms with Crippen LogP contribution >= 0.6 is 0 Å². The highest BCUT2D eigenvalue weighted by Crippen LogP contribution is 2.67. The van der Waals surface area contributed by atoms with Gasteiger partial charge in [-0.15, -0.1) is 0 Å². The summed E-state index contributed by atoms with van der Waals surface area (Å²) in [5.41, 5.74) is 1.14. The van der Waals surface area contributed by atoms with Gasteiger partial charge < -0.3 is 10.2 Å². The van der Waals surface area contributed by atoms with Gasteiger partial charge in [0.05, 0.1) is 0 Å². The molecule has 4 bridgehead atoms. The van der Waals surface area contributed by atoms with E-state index in [1.807, 2.05) is 0 Å². The van der Waals surface area contributed by atoms with E-state index in [0.29, 0.717) is 24.0 Å². The monoisotopic (exact) mass is 252 g/mol. The second-order valence-electron chi connectivity index (χ2n) is 7.62. The van der Waals surface area contributed by atoms with Crippen LogP contribution in [0.15, 0.2) is 0 Å². The summed E-state index contributed by atoms with van der Waals surface area (Å²) in [4.78, 5) is 0. The summed E-state index contributed by atoms with van der Waals surface area (Å²) in [6.07, 6.45) is 13.1. The highest BCUT2D eigenvalue weighted by atomic mass is 16.3. The van der Waals surface area contributed by atoms with Gasteiger partial charge in [-0.05, 0) is 86.9 Å². The van der Waals surface area contributed by atoms with E-state index in [1.165, 1.54) is 51.4 Å². The highest BCUT2D eigenvalue weighted by molar-refractivity contribution is 5.07. The Hall–Kier alpha value is -0.0800. The summed E-state index contributed by atoms with van der Waals surface area (Å²) in [5.74, 6) is 1.92. The SMILES string of the molecule is OCCCC12CC3CC(C1)CC(CCCO)(C3)C2.